The van der Waals surface area contributed by atoms with Gasteiger partial charge in [-0.05, 0) is 85.0 Å². The Morgan fingerprint density at radius 3 is 1.42 bits per heavy atom. The van der Waals surface area contributed by atoms with Crippen LogP contribution >= 0.6 is 11.3 Å². The first-order valence-corrected chi connectivity index (χ1v) is 21.9. The Morgan fingerprint density at radius 1 is 0.290 bits per heavy atom. The quantitative estimate of drug-likeness (QED) is 0.174. The number of nitrogens with zero attached hydrogens (tertiary/aromatic N) is 3. The van der Waals surface area contributed by atoms with Gasteiger partial charge in [-0.2, -0.15) is 0 Å². The topological polar surface area (TPSA) is 38.7 Å². The van der Waals surface area contributed by atoms with E-state index in [1.807, 2.05) is 17.4 Å². The standard InChI is InChI=1S/C58H35N3S/c1-2-13-36(14-3-1)37-25-29-39(30-26-37)55-59-56(40-31-27-38(28-32-40)41-33-34-53-47(35-41)44-17-7-11-24-52(44)62-53)61-57(60-55)46-19-12-23-51-54(46)45-18-6-10-22-50(45)58(51)48-20-8-4-15-42(48)43-16-5-9-21-49(43)58/h1-35H. The van der Waals surface area contributed by atoms with Gasteiger partial charge in [-0.25, -0.2) is 15.0 Å². The van der Waals surface area contributed by atoms with Crippen LogP contribution < -0.4 is 0 Å². The van der Waals surface area contributed by atoms with Crippen molar-refractivity contribution in [3.63, 3.8) is 0 Å². The van der Waals surface area contributed by atoms with Crippen molar-refractivity contribution in [1.29, 1.82) is 0 Å². The van der Waals surface area contributed by atoms with Gasteiger partial charge < -0.3 is 0 Å². The highest BCUT2D eigenvalue weighted by Gasteiger charge is 2.52. The molecule has 0 atom stereocenters. The van der Waals surface area contributed by atoms with E-state index in [0.717, 1.165) is 27.8 Å². The van der Waals surface area contributed by atoms with Gasteiger partial charge >= 0.3 is 0 Å². The second-order valence-electron chi connectivity index (χ2n) is 16.3. The molecule has 0 amide bonds. The van der Waals surface area contributed by atoms with Gasteiger partial charge in [0.1, 0.15) is 0 Å². The monoisotopic (exact) mass is 805 g/mol. The Hall–Kier alpha value is -7.79. The van der Waals surface area contributed by atoms with Crippen molar-refractivity contribution < 1.29 is 0 Å². The fourth-order valence-corrected chi connectivity index (χ4v) is 11.3. The van der Waals surface area contributed by atoms with Crippen LogP contribution in [0.4, 0.5) is 0 Å². The highest BCUT2D eigenvalue weighted by molar-refractivity contribution is 7.25. The third-order valence-electron chi connectivity index (χ3n) is 13.0. The lowest BCUT2D eigenvalue weighted by Gasteiger charge is -2.30. The minimum atomic E-state index is -0.463. The number of hydrogen-bond donors (Lipinski definition) is 0. The van der Waals surface area contributed by atoms with Crippen molar-refractivity contribution in [2.75, 3.05) is 0 Å². The van der Waals surface area contributed by atoms with Crippen molar-refractivity contribution in [3.8, 4) is 78.7 Å². The molecule has 13 rings (SSSR count). The van der Waals surface area contributed by atoms with Crippen LogP contribution in [0.25, 0.3) is 98.8 Å². The fourth-order valence-electron chi connectivity index (χ4n) is 10.2. The summed E-state index contributed by atoms with van der Waals surface area (Å²) in [6, 6.07) is 76.7. The summed E-state index contributed by atoms with van der Waals surface area (Å²) >= 11 is 1.84. The van der Waals surface area contributed by atoms with Crippen LogP contribution in [0, 0.1) is 0 Å². The molecule has 0 fully saturated rings. The van der Waals surface area contributed by atoms with E-state index in [4.69, 9.17) is 15.0 Å². The minimum absolute atomic E-state index is 0.463. The van der Waals surface area contributed by atoms with E-state index < -0.39 is 5.41 Å². The van der Waals surface area contributed by atoms with Crippen LogP contribution in [0.3, 0.4) is 0 Å². The maximum absolute atomic E-state index is 5.37. The summed E-state index contributed by atoms with van der Waals surface area (Å²) < 4.78 is 2.61. The van der Waals surface area contributed by atoms with Gasteiger partial charge in [-0.3, -0.25) is 0 Å². The third-order valence-corrected chi connectivity index (χ3v) is 14.2. The van der Waals surface area contributed by atoms with Gasteiger partial charge in [-0.1, -0.05) is 194 Å². The van der Waals surface area contributed by atoms with Crippen molar-refractivity contribution in [1.82, 2.24) is 15.0 Å². The molecule has 2 aliphatic carbocycles. The van der Waals surface area contributed by atoms with Crippen LogP contribution in [0.1, 0.15) is 22.3 Å². The first-order valence-electron chi connectivity index (χ1n) is 21.1. The zero-order valence-corrected chi connectivity index (χ0v) is 34.3. The first kappa shape index (κ1) is 35.0. The molecule has 62 heavy (non-hydrogen) atoms. The molecule has 0 bridgehead atoms. The smallest absolute Gasteiger partial charge is 0.164 e. The van der Waals surface area contributed by atoms with Crippen LogP contribution in [-0.4, -0.2) is 15.0 Å². The maximum Gasteiger partial charge on any atom is 0.164 e. The molecule has 3 nitrogen and oxygen atoms in total. The predicted molar refractivity (Wildman–Crippen MR) is 256 cm³/mol. The summed E-state index contributed by atoms with van der Waals surface area (Å²) in [5.74, 6) is 1.93. The Balaban J connectivity index is 0.988. The van der Waals surface area contributed by atoms with E-state index in [2.05, 4.69) is 206 Å². The SMILES string of the molecule is c1ccc(-c2ccc(-c3nc(-c4ccc(-c5ccc6sc7ccccc7c6c5)cc4)nc(-c4cccc5c4-c4ccccc4C54c5ccccc5-c5ccccc54)n3)cc2)cc1. The second kappa shape index (κ2) is 13.6. The summed E-state index contributed by atoms with van der Waals surface area (Å²) in [7, 11) is 0. The summed E-state index contributed by atoms with van der Waals surface area (Å²) in [5, 5.41) is 2.59. The summed E-state index contributed by atoms with van der Waals surface area (Å²) in [4.78, 5) is 15.9. The number of thiophene rings is 1. The van der Waals surface area contributed by atoms with Gasteiger partial charge in [0.15, 0.2) is 17.5 Å². The van der Waals surface area contributed by atoms with Crippen LogP contribution in [0.2, 0.25) is 0 Å². The third kappa shape index (κ3) is 5.14. The molecule has 0 aliphatic heterocycles. The number of hydrogen-bond acceptors (Lipinski definition) is 4. The molecule has 2 heterocycles. The molecule has 0 N–H and O–H groups in total. The Bertz CT molecular complexity index is 3520. The van der Waals surface area contributed by atoms with Crippen LogP contribution in [0.15, 0.2) is 212 Å². The molecule has 0 saturated heterocycles. The molecule has 2 aromatic heterocycles. The van der Waals surface area contributed by atoms with Gasteiger partial charge in [0.05, 0.1) is 5.41 Å². The van der Waals surface area contributed by atoms with E-state index >= 15 is 0 Å². The molecule has 1 spiro atoms. The van der Waals surface area contributed by atoms with Gasteiger partial charge in [0.25, 0.3) is 0 Å². The Labute approximate surface area is 363 Å². The minimum Gasteiger partial charge on any atom is -0.208 e. The average molecular weight is 806 g/mol. The number of fused-ring (bicyclic) bond motifs is 13. The van der Waals surface area contributed by atoms with E-state index in [1.165, 1.54) is 75.8 Å². The average Bonchev–Trinajstić information content (AvgIpc) is 3.98. The summed E-state index contributed by atoms with van der Waals surface area (Å²) in [5.41, 5.74) is 17.2. The second-order valence-corrected chi connectivity index (χ2v) is 17.3. The van der Waals surface area contributed by atoms with Crippen molar-refractivity contribution in [2.24, 2.45) is 0 Å². The Morgan fingerprint density at radius 2 is 0.742 bits per heavy atom. The summed E-state index contributed by atoms with van der Waals surface area (Å²) in [6.07, 6.45) is 0. The fraction of sp³-hybridized carbons (Fsp3) is 0.0172. The molecule has 2 aliphatic rings. The van der Waals surface area contributed by atoms with E-state index in [1.54, 1.807) is 0 Å². The van der Waals surface area contributed by atoms with E-state index in [0.29, 0.717) is 17.5 Å². The lowest BCUT2D eigenvalue weighted by Crippen LogP contribution is -2.25. The van der Waals surface area contributed by atoms with Gasteiger partial charge in [-0.15, -0.1) is 11.3 Å². The Kier molecular flexibility index (Phi) is 7.69. The molecule has 288 valence electrons. The molecule has 11 aromatic rings. The molecule has 4 heteroatoms. The zero-order chi connectivity index (χ0) is 40.8. The predicted octanol–water partition coefficient (Wildman–Crippen LogP) is 14.9. The summed E-state index contributed by atoms with van der Waals surface area (Å²) in [6.45, 7) is 0. The molecule has 9 aromatic carbocycles. The van der Waals surface area contributed by atoms with Crippen molar-refractivity contribution >= 4 is 31.5 Å². The maximum atomic E-state index is 5.37. The van der Waals surface area contributed by atoms with Crippen molar-refractivity contribution in [2.45, 2.75) is 5.41 Å². The van der Waals surface area contributed by atoms with E-state index in [9.17, 15) is 0 Å². The molecule has 0 radical (unpaired) electrons. The zero-order valence-electron chi connectivity index (χ0n) is 33.5. The lowest BCUT2D eigenvalue weighted by atomic mass is 9.70. The van der Waals surface area contributed by atoms with Gasteiger partial charge in [0.2, 0.25) is 0 Å². The van der Waals surface area contributed by atoms with Gasteiger partial charge in [0, 0.05) is 36.9 Å². The number of rotatable bonds is 5. The molecular formula is C58H35N3S. The lowest BCUT2D eigenvalue weighted by molar-refractivity contribution is 0.794. The first-order chi connectivity index (χ1) is 30.7. The number of benzene rings is 9. The van der Waals surface area contributed by atoms with Crippen LogP contribution in [-0.2, 0) is 5.41 Å². The largest absolute Gasteiger partial charge is 0.208 e. The molecular weight excluding hydrogens is 771 g/mol. The molecule has 0 unspecified atom stereocenters. The normalized spacial score (nSPS) is 13.0. The van der Waals surface area contributed by atoms with Crippen molar-refractivity contribution in [3.05, 3.63) is 235 Å². The number of aromatic nitrogens is 3. The highest BCUT2D eigenvalue weighted by atomic mass is 32.1. The molecule has 0 saturated carbocycles. The van der Waals surface area contributed by atoms with Crippen LogP contribution in [0.5, 0.6) is 0 Å². The highest BCUT2D eigenvalue weighted by Crippen LogP contribution is 2.63. The van der Waals surface area contributed by atoms with E-state index in [-0.39, 0.29) is 0 Å².